The molecule has 15 nitrogen and oxygen atoms in total. The van der Waals surface area contributed by atoms with Crippen molar-refractivity contribution in [3.05, 3.63) is 129 Å². The molecule has 0 saturated heterocycles. The molecule has 0 atom stereocenters. The highest BCUT2D eigenvalue weighted by Gasteiger charge is 2.18. The third-order valence-corrected chi connectivity index (χ3v) is 6.12. The van der Waals surface area contributed by atoms with Gasteiger partial charge in [0, 0.05) is 3.57 Å². The van der Waals surface area contributed by atoms with E-state index in [1.165, 1.54) is 59.8 Å². The van der Waals surface area contributed by atoms with Crippen LogP contribution in [-0.2, 0) is 0 Å². The summed E-state index contributed by atoms with van der Waals surface area (Å²) < 4.78 is 40.8. The van der Waals surface area contributed by atoms with Gasteiger partial charge in [-0.3, -0.25) is 0 Å². The minimum Gasteiger partial charge on any atom is -0.478 e. The van der Waals surface area contributed by atoms with Crippen LogP contribution >= 0.6 is 22.6 Å². The van der Waals surface area contributed by atoms with E-state index in [4.69, 9.17) is 15.3 Å². The average Bonchev–Trinajstić information content (AvgIpc) is 3.83. The van der Waals surface area contributed by atoms with E-state index in [1.54, 1.807) is 41.1 Å². The van der Waals surface area contributed by atoms with Crippen molar-refractivity contribution in [3.8, 4) is 11.4 Å². The zero-order valence-electron chi connectivity index (χ0n) is 22.8. The number of carboxylic acids is 3. The van der Waals surface area contributed by atoms with Crippen molar-refractivity contribution in [1.82, 2.24) is 45.4 Å². The van der Waals surface area contributed by atoms with Crippen molar-refractivity contribution >= 4 is 40.5 Å². The molecule has 0 saturated carbocycles. The van der Waals surface area contributed by atoms with Gasteiger partial charge in [-0.05, 0) is 59.0 Å². The number of carboxylic acid groups (broad SMARTS) is 3. The number of carbonyl (C=O) groups is 3. The second-order valence-electron chi connectivity index (χ2n) is 8.10. The molecule has 19 heteroatoms. The van der Waals surface area contributed by atoms with Crippen LogP contribution in [0.2, 0.25) is 0 Å². The number of H-pyrrole nitrogens is 1. The van der Waals surface area contributed by atoms with Crippen molar-refractivity contribution < 1.29 is 42.9 Å². The van der Waals surface area contributed by atoms with Gasteiger partial charge in [0.15, 0.2) is 0 Å². The molecule has 6 aromatic rings. The summed E-state index contributed by atoms with van der Waals surface area (Å²) in [5.74, 6) is -6.20. The Balaban J connectivity index is 0.000000176. The van der Waals surface area contributed by atoms with Crippen LogP contribution in [0.3, 0.4) is 0 Å². The number of aromatic carboxylic acids is 3. The van der Waals surface area contributed by atoms with Crippen molar-refractivity contribution in [3.63, 3.8) is 0 Å². The maximum absolute atomic E-state index is 13.3. The van der Waals surface area contributed by atoms with Crippen LogP contribution in [0.4, 0.5) is 13.2 Å². The third kappa shape index (κ3) is 9.25. The van der Waals surface area contributed by atoms with E-state index >= 15 is 0 Å². The van der Waals surface area contributed by atoms with Crippen LogP contribution in [0.1, 0.15) is 31.1 Å². The summed E-state index contributed by atoms with van der Waals surface area (Å²) in [5.41, 5.74) is -0.850. The number of hydrogen-bond acceptors (Lipinski definition) is 9. The molecule has 6 rings (SSSR count). The molecule has 0 aliphatic rings. The van der Waals surface area contributed by atoms with Gasteiger partial charge in [0.1, 0.15) is 39.8 Å². The lowest BCUT2D eigenvalue weighted by atomic mass is 10.1. The van der Waals surface area contributed by atoms with E-state index in [2.05, 4.69) is 35.9 Å². The van der Waals surface area contributed by atoms with Gasteiger partial charge in [-0.1, -0.05) is 23.4 Å². The molecule has 0 bridgehead atoms. The van der Waals surface area contributed by atoms with Crippen LogP contribution in [0.15, 0.2) is 91.8 Å². The second kappa shape index (κ2) is 16.7. The summed E-state index contributed by atoms with van der Waals surface area (Å²) in [6.45, 7) is 0. The van der Waals surface area contributed by atoms with Gasteiger partial charge >= 0.3 is 17.9 Å². The van der Waals surface area contributed by atoms with E-state index in [-0.39, 0.29) is 16.9 Å². The molecular weight excluding hydrogens is 730 g/mol. The fraction of sp³-hybridized carbons (Fsp3) is 0. The second-order valence-corrected chi connectivity index (χ2v) is 9.26. The van der Waals surface area contributed by atoms with Crippen molar-refractivity contribution in [2.45, 2.75) is 0 Å². The lowest BCUT2D eigenvalue weighted by Gasteiger charge is -2.05. The first kappa shape index (κ1) is 34.5. The Kier molecular flexibility index (Phi) is 12.6. The number of halogens is 4. The van der Waals surface area contributed by atoms with Crippen molar-refractivity contribution in [2.75, 3.05) is 0 Å². The number of rotatable bonds is 5. The fourth-order valence-electron chi connectivity index (χ4n) is 3.35. The van der Waals surface area contributed by atoms with Gasteiger partial charge in [-0.2, -0.15) is 30.4 Å². The number of aromatic amines is 1. The van der Waals surface area contributed by atoms with Gasteiger partial charge in [0.2, 0.25) is 0 Å². The molecule has 3 heterocycles. The van der Waals surface area contributed by atoms with E-state index in [9.17, 15) is 27.6 Å². The Morgan fingerprint density at radius 1 is 0.652 bits per heavy atom. The molecule has 3 aromatic heterocycles. The van der Waals surface area contributed by atoms with Crippen LogP contribution in [0.5, 0.6) is 0 Å². The predicted molar refractivity (Wildman–Crippen MR) is 159 cm³/mol. The van der Waals surface area contributed by atoms with E-state index < -0.39 is 46.5 Å². The Morgan fingerprint density at radius 3 is 1.54 bits per heavy atom. The highest BCUT2D eigenvalue weighted by molar-refractivity contribution is 14.1. The molecule has 0 unspecified atom stereocenters. The molecule has 46 heavy (non-hydrogen) atoms. The molecule has 0 fully saturated rings. The van der Waals surface area contributed by atoms with Gasteiger partial charge in [-0.25, -0.2) is 32.2 Å². The van der Waals surface area contributed by atoms with Crippen LogP contribution < -0.4 is 0 Å². The van der Waals surface area contributed by atoms with E-state index in [0.717, 1.165) is 23.0 Å². The molecular formula is C27H19F3IN9O6. The number of nitrogens with one attached hydrogen (secondary N) is 1. The SMILES string of the molecule is O=C(O)c1c(F)cccc1-n1ccnn1.O=C(O)c1c(F)cccc1-n1nccn1.O=C(O)c1c(F)cccc1I.c1cn[nH]n1. The molecule has 0 amide bonds. The first-order valence-corrected chi connectivity index (χ1v) is 13.3. The number of benzene rings is 3. The van der Waals surface area contributed by atoms with Gasteiger partial charge < -0.3 is 15.3 Å². The lowest BCUT2D eigenvalue weighted by molar-refractivity contribution is 0.0679. The van der Waals surface area contributed by atoms with Crippen LogP contribution in [0, 0.1) is 21.0 Å². The summed E-state index contributed by atoms with van der Waals surface area (Å²) >= 11 is 1.78. The lowest BCUT2D eigenvalue weighted by Crippen LogP contribution is -2.10. The monoisotopic (exact) mass is 749 g/mol. The fourth-order valence-corrected chi connectivity index (χ4v) is 4.05. The topological polar surface area (TPSA) is 215 Å². The van der Waals surface area contributed by atoms with Crippen molar-refractivity contribution in [2.24, 2.45) is 0 Å². The standard InChI is InChI=1S/2C9H6FN3O2.C7H4FIO2.C2H3N3/c10-6-2-1-3-7(8(6)9(14)15)13-5-4-11-12-13;10-6-2-1-3-7(8(6)9(14)15)13-11-4-5-12-13;8-4-2-1-3-5(9)6(4)7(10)11;1-2-4-5-3-1/h2*1-5H,(H,14,15);1-3H,(H,10,11);1-2H,(H,3,4,5). The first-order valence-electron chi connectivity index (χ1n) is 12.3. The minimum atomic E-state index is -1.35. The predicted octanol–water partition coefficient (Wildman–Crippen LogP) is 4.14. The zero-order chi connectivity index (χ0) is 33.6. The van der Waals surface area contributed by atoms with Crippen molar-refractivity contribution in [1.29, 1.82) is 0 Å². The average molecular weight is 749 g/mol. The Labute approximate surface area is 269 Å². The highest BCUT2D eigenvalue weighted by Crippen LogP contribution is 2.18. The molecule has 4 N–H and O–H groups in total. The molecule has 0 radical (unpaired) electrons. The Bertz CT molecular complexity index is 1760. The van der Waals surface area contributed by atoms with Crippen LogP contribution in [-0.4, -0.2) is 78.6 Å². The summed E-state index contributed by atoms with van der Waals surface area (Å²) in [6.07, 6.45) is 8.77. The zero-order valence-corrected chi connectivity index (χ0v) is 25.0. The Morgan fingerprint density at radius 2 is 1.13 bits per heavy atom. The molecule has 0 aliphatic carbocycles. The molecule has 0 spiro atoms. The van der Waals surface area contributed by atoms with E-state index in [1.807, 2.05) is 0 Å². The van der Waals surface area contributed by atoms with Gasteiger partial charge in [0.25, 0.3) is 0 Å². The third-order valence-electron chi connectivity index (χ3n) is 5.22. The van der Waals surface area contributed by atoms with E-state index in [0.29, 0.717) is 3.57 Å². The first-order chi connectivity index (χ1) is 22.0. The summed E-state index contributed by atoms with van der Waals surface area (Å²) in [6, 6.07) is 12.0. The van der Waals surface area contributed by atoms with Crippen LogP contribution in [0.25, 0.3) is 11.4 Å². The normalized spacial score (nSPS) is 9.83. The molecule has 3 aromatic carbocycles. The maximum atomic E-state index is 13.3. The minimum absolute atomic E-state index is 0.104. The number of nitrogens with zero attached hydrogens (tertiary/aromatic N) is 8. The molecule has 236 valence electrons. The smallest absolute Gasteiger partial charge is 0.340 e. The highest BCUT2D eigenvalue weighted by atomic mass is 127. The largest absolute Gasteiger partial charge is 0.478 e. The number of aromatic nitrogens is 9. The maximum Gasteiger partial charge on any atom is 0.340 e. The summed E-state index contributed by atoms with van der Waals surface area (Å²) in [7, 11) is 0. The summed E-state index contributed by atoms with van der Waals surface area (Å²) in [4.78, 5) is 33.1. The summed E-state index contributed by atoms with van der Waals surface area (Å²) in [5, 5.41) is 50.1. The quantitative estimate of drug-likeness (QED) is 0.183. The Hall–Kier alpha value is -5.99. The van der Waals surface area contributed by atoms with Gasteiger partial charge in [-0.15, -0.1) is 5.10 Å². The molecule has 0 aliphatic heterocycles. The number of hydrogen-bond donors (Lipinski definition) is 4. The van der Waals surface area contributed by atoms with Gasteiger partial charge in [0.05, 0.1) is 42.9 Å².